The fourth-order valence-corrected chi connectivity index (χ4v) is 3.98. The Morgan fingerprint density at radius 1 is 1.07 bits per heavy atom. The highest BCUT2D eigenvalue weighted by atomic mass is 35.5. The molecule has 0 aliphatic rings. The zero-order chi connectivity index (χ0) is 20.9. The molecular weight excluding hydrogens is 410 g/mol. The number of amides is 1. The number of nitrogens with zero attached hydrogens (tertiary/aromatic N) is 1. The van der Waals surface area contributed by atoms with E-state index in [-0.39, 0.29) is 10.8 Å². The number of pyridine rings is 1. The number of aromatic nitrogens is 1. The quantitative estimate of drug-likeness (QED) is 0.584. The number of sulfonamides is 1. The SMILES string of the molecule is CCCNS(=O)(=O)c1ccc(C(=O)Nc2ccc(Cl)c(-c3ccccn3)c2)cc1. The predicted octanol–water partition coefficient (Wildman–Crippen LogP) is 4.34. The molecule has 0 atom stereocenters. The topological polar surface area (TPSA) is 88.2 Å². The Morgan fingerprint density at radius 2 is 1.83 bits per heavy atom. The maximum Gasteiger partial charge on any atom is 0.255 e. The first-order chi connectivity index (χ1) is 13.9. The number of halogens is 1. The molecule has 0 fully saturated rings. The molecule has 0 saturated heterocycles. The summed E-state index contributed by atoms with van der Waals surface area (Å²) in [6, 6.07) is 16.4. The number of nitrogens with one attached hydrogen (secondary N) is 2. The Balaban J connectivity index is 1.77. The summed E-state index contributed by atoms with van der Waals surface area (Å²) in [6.07, 6.45) is 2.36. The normalized spacial score (nSPS) is 11.2. The third-order valence-electron chi connectivity index (χ3n) is 4.13. The molecule has 0 saturated carbocycles. The Bertz CT molecular complexity index is 1100. The fraction of sp³-hybridized carbons (Fsp3) is 0.143. The maximum atomic E-state index is 12.6. The second-order valence-corrected chi connectivity index (χ2v) is 8.46. The van der Waals surface area contributed by atoms with Crippen LogP contribution < -0.4 is 10.0 Å². The molecule has 0 unspecified atom stereocenters. The molecule has 0 aliphatic heterocycles. The predicted molar refractivity (Wildman–Crippen MR) is 115 cm³/mol. The molecule has 1 heterocycles. The van der Waals surface area contributed by atoms with Gasteiger partial charge in [-0.15, -0.1) is 0 Å². The van der Waals surface area contributed by atoms with Crippen LogP contribution in [0.3, 0.4) is 0 Å². The number of anilines is 1. The Labute approximate surface area is 175 Å². The smallest absolute Gasteiger partial charge is 0.255 e. The van der Waals surface area contributed by atoms with E-state index in [9.17, 15) is 13.2 Å². The van der Waals surface area contributed by atoms with Crippen LogP contribution in [0.5, 0.6) is 0 Å². The Morgan fingerprint density at radius 3 is 2.48 bits per heavy atom. The van der Waals surface area contributed by atoms with Gasteiger partial charge < -0.3 is 5.32 Å². The van der Waals surface area contributed by atoms with Gasteiger partial charge in [0.2, 0.25) is 10.0 Å². The molecule has 29 heavy (non-hydrogen) atoms. The third kappa shape index (κ3) is 5.20. The molecule has 8 heteroatoms. The van der Waals surface area contributed by atoms with Crippen LogP contribution in [0.2, 0.25) is 5.02 Å². The van der Waals surface area contributed by atoms with Gasteiger partial charge in [0.1, 0.15) is 0 Å². The first-order valence-corrected chi connectivity index (χ1v) is 10.9. The highest BCUT2D eigenvalue weighted by Gasteiger charge is 2.15. The Hall–Kier alpha value is -2.74. The second-order valence-electron chi connectivity index (χ2n) is 6.29. The molecule has 0 bridgehead atoms. The first-order valence-electron chi connectivity index (χ1n) is 9.03. The molecule has 1 amide bonds. The van der Waals surface area contributed by atoms with E-state index in [2.05, 4.69) is 15.0 Å². The van der Waals surface area contributed by atoms with Crippen molar-refractivity contribution < 1.29 is 13.2 Å². The summed E-state index contributed by atoms with van der Waals surface area (Å²) in [4.78, 5) is 17.0. The lowest BCUT2D eigenvalue weighted by Crippen LogP contribution is -2.24. The van der Waals surface area contributed by atoms with Crippen LogP contribution >= 0.6 is 11.6 Å². The van der Waals surface area contributed by atoms with Gasteiger partial charge in [-0.2, -0.15) is 0 Å². The van der Waals surface area contributed by atoms with Crippen LogP contribution in [0.1, 0.15) is 23.7 Å². The summed E-state index contributed by atoms with van der Waals surface area (Å²) < 4.78 is 26.8. The average Bonchev–Trinajstić information content (AvgIpc) is 2.74. The summed E-state index contributed by atoms with van der Waals surface area (Å²) >= 11 is 6.27. The highest BCUT2D eigenvalue weighted by Crippen LogP contribution is 2.29. The molecule has 1 aromatic heterocycles. The van der Waals surface area contributed by atoms with Crippen molar-refractivity contribution in [2.75, 3.05) is 11.9 Å². The summed E-state index contributed by atoms with van der Waals surface area (Å²) in [5.74, 6) is -0.357. The number of hydrogen-bond acceptors (Lipinski definition) is 4. The zero-order valence-corrected chi connectivity index (χ0v) is 17.3. The van der Waals surface area contributed by atoms with Crippen LogP contribution in [-0.2, 0) is 10.0 Å². The zero-order valence-electron chi connectivity index (χ0n) is 15.7. The molecule has 0 aliphatic carbocycles. The van der Waals surface area contributed by atoms with Crippen LogP contribution in [0.15, 0.2) is 71.8 Å². The van der Waals surface area contributed by atoms with Gasteiger partial charge in [0.25, 0.3) is 5.91 Å². The molecule has 3 aromatic rings. The minimum absolute atomic E-state index is 0.117. The molecule has 2 aromatic carbocycles. The highest BCUT2D eigenvalue weighted by molar-refractivity contribution is 7.89. The first kappa shape index (κ1) is 21.0. The number of carbonyl (C=O) groups is 1. The van der Waals surface area contributed by atoms with Crippen molar-refractivity contribution in [3.8, 4) is 11.3 Å². The van der Waals surface area contributed by atoms with Crippen LogP contribution in [0, 0.1) is 0 Å². The van der Waals surface area contributed by atoms with Crippen LogP contribution in [0.4, 0.5) is 5.69 Å². The Kier molecular flexibility index (Phi) is 6.64. The van der Waals surface area contributed by atoms with Gasteiger partial charge in [-0.3, -0.25) is 9.78 Å². The monoisotopic (exact) mass is 429 g/mol. The maximum absolute atomic E-state index is 12.6. The van der Waals surface area contributed by atoms with Gasteiger partial charge >= 0.3 is 0 Å². The van der Waals surface area contributed by atoms with Crippen molar-refractivity contribution in [2.45, 2.75) is 18.2 Å². The molecule has 150 valence electrons. The summed E-state index contributed by atoms with van der Waals surface area (Å²) in [6.45, 7) is 2.24. The van der Waals surface area contributed by atoms with Gasteiger partial charge in [-0.25, -0.2) is 13.1 Å². The van der Waals surface area contributed by atoms with Crippen molar-refractivity contribution in [1.29, 1.82) is 0 Å². The lowest BCUT2D eigenvalue weighted by Gasteiger charge is -2.10. The number of benzene rings is 2. The van der Waals surface area contributed by atoms with Gasteiger partial charge in [0.15, 0.2) is 0 Å². The molecule has 0 radical (unpaired) electrons. The van der Waals surface area contributed by atoms with Crippen LogP contribution in [-0.4, -0.2) is 25.9 Å². The number of carbonyl (C=O) groups excluding carboxylic acids is 1. The van der Waals surface area contributed by atoms with E-state index in [1.54, 1.807) is 24.4 Å². The molecule has 3 rings (SSSR count). The van der Waals surface area contributed by atoms with Gasteiger partial charge in [0.05, 0.1) is 15.6 Å². The van der Waals surface area contributed by atoms with E-state index in [0.29, 0.717) is 40.5 Å². The second kappa shape index (κ2) is 9.17. The molecular formula is C21H20ClN3O3S. The standard InChI is InChI=1S/C21H20ClN3O3S/c1-2-12-24-29(27,28)17-9-6-15(7-10-17)21(26)25-16-8-11-19(22)18(14-16)20-5-3-4-13-23-20/h3-11,13-14,24H,2,12H2,1H3,(H,25,26). The lowest BCUT2D eigenvalue weighted by atomic mass is 10.1. The summed E-state index contributed by atoms with van der Waals surface area (Å²) in [7, 11) is -3.57. The van der Waals surface area contributed by atoms with Crippen molar-refractivity contribution >= 4 is 33.2 Å². The van der Waals surface area contributed by atoms with E-state index < -0.39 is 10.0 Å². The lowest BCUT2D eigenvalue weighted by molar-refractivity contribution is 0.102. The van der Waals surface area contributed by atoms with Crippen molar-refractivity contribution in [3.05, 3.63) is 77.4 Å². The van der Waals surface area contributed by atoms with Crippen LogP contribution in [0.25, 0.3) is 11.3 Å². The van der Waals surface area contributed by atoms with E-state index in [1.807, 2.05) is 25.1 Å². The van der Waals surface area contributed by atoms with E-state index >= 15 is 0 Å². The summed E-state index contributed by atoms with van der Waals surface area (Å²) in [5.41, 5.74) is 2.30. The molecule has 2 N–H and O–H groups in total. The minimum Gasteiger partial charge on any atom is -0.322 e. The van der Waals surface area contributed by atoms with Crippen molar-refractivity contribution in [1.82, 2.24) is 9.71 Å². The molecule has 6 nitrogen and oxygen atoms in total. The largest absolute Gasteiger partial charge is 0.322 e. The van der Waals surface area contributed by atoms with E-state index in [4.69, 9.17) is 11.6 Å². The van der Waals surface area contributed by atoms with Crippen molar-refractivity contribution in [3.63, 3.8) is 0 Å². The van der Waals surface area contributed by atoms with Crippen molar-refractivity contribution in [2.24, 2.45) is 0 Å². The minimum atomic E-state index is -3.57. The third-order valence-corrected chi connectivity index (χ3v) is 5.94. The van der Waals surface area contributed by atoms with Gasteiger partial charge in [-0.1, -0.05) is 24.6 Å². The van der Waals surface area contributed by atoms with Gasteiger partial charge in [0, 0.05) is 29.6 Å². The summed E-state index contributed by atoms with van der Waals surface area (Å²) in [5, 5.41) is 3.32. The average molecular weight is 430 g/mol. The molecule has 0 spiro atoms. The fourth-order valence-electron chi connectivity index (χ4n) is 2.63. The van der Waals surface area contributed by atoms with Gasteiger partial charge in [-0.05, 0) is 61.0 Å². The van der Waals surface area contributed by atoms with E-state index in [1.165, 1.54) is 24.3 Å². The van der Waals surface area contributed by atoms with E-state index in [0.717, 1.165) is 0 Å². The number of hydrogen-bond donors (Lipinski definition) is 2. The number of rotatable bonds is 7.